The van der Waals surface area contributed by atoms with Crippen molar-refractivity contribution in [2.24, 2.45) is 0 Å². The van der Waals surface area contributed by atoms with Crippen molar-refractivity contribution in [2.75, 3.05) is 10.5 Å². The van der Waals surface area contributed by atoms with Gasteiger partial charge in [-0.25, -0.2) is 13.4 Å². The van der Waals surface area contributed by atoms with Gasteiger partial charge in [0.15, 0.2) is 5.13 Å². The molecule has 5 rings (SSSR count). The average Bonchev–Trinajstić information content (AvgIpc) is 3.39. The average molecular weight is 715 g/mol. The Morgan fingerprint density at radius 3 is 1.53 bits per heavy atom. The molecule has 36 heavy (non-hydrogen) atoms. The summed E-state index contributed by atoms with van der Waals surface area (Å²) in [7, 11) is -4.00. The Bertz CT molecular complexity index is 1330. The van der Waals surface area contributed by atoms with Crippen LogP contribution in [0.5, 0.6) is 0 Å². The van der Waals surface area contributed by atoms with Crippen LogP contribution < -0.4 is 26.4 Å². The number of nitrogen functional groups attached to an aromatic ring is 1. The second-order valence-corrected chi connectivity index (χ2v) is 12.2. The molecule has 9 heteroatoms. The first kappa shape index (κ1) is 27.8. The molecule has 0 unspecified atom stereocenters. The van der Waals surface area contributed by atoms with Crippen LogP contribution in [0.15, 0.2) is 132 Å². The van der Waals surface area contributed by atoms with E-state index in [-0.39, 0.29) is 27.3 Å². The maximum atomic E-state index is 11.8. The third-order valence-corrected chi connectivity index (χ3v) is 9.50. The van der Waals surface area contributed by atoms with E-state index >= 15 is 0 Å². The predicted octanol–water partition coefficient (Wildman–Crippen LogP) is 4.97. The molecule has 3 N–H and O–H groups in total. The Morgan fingerprint density at radius 1 is 0.694 bits per heavy atom. The van der Waals surface area contributed by atoms with Gasteiger partial charge in [0, 0.05) is 39.6 Å². The summed E-state index contributed by atoms with van der Waals surface area (Å²) in [4.78, 5) is 4.01. The van der Waals surface area contributed by atoms with Crippen molar-refractivity contribution in [3.05, 3.63) is 127 Å². The van der Waals surface area contributed by atoms with E-state index in [2.05, 4.69) is 101 Å². The van der Waals surface area contributed by atoms with Crippen LogP contribution in [-0.2, 0) is 32.4 Å². The van der Waals surface area contributed by atoms with Gasteiger partial charge in [0.25, 0.3) is 10.0 Å². The van der Waals surface area contributed by atoms with Gasteiger partial charge in [-0.2, -0.15) is 0 Å². The number of aromatic nitrogens is 1. The minimum atomic E-state index is -3.56. The maximum Gasteiger partial charge on any atom is 0.263 e. The van der Waals surface area contributed by atoms with Crippen LogP contribution >= 0.6 is 19.3 Å². The first-order valence-electron chi connectivity index (χ1n) is 10.8. The molecule has 0 aliphatic carbocycles. The second kappa shape index (κ2) is 13.5. The van der Waals surface area contributed by atoms with E-state index in [1.807, 2.05) is 0 Å². The smallest absolute Gasteiger partial charge is 0.263 e. The zero-order valence-corrected chi connectivity index (χ0v) is 23.7. The maximum absolute atomic E-state index is 11.8. The van der Waals surface area contributed by atoms with Crippen molar-refractivity contribution in [2.45, 2.75) is 4.90 Å². The topological polar surface area (TPSA) is 85.1 Å². The number of nitrogens with zero attached hydrogens (tertiary/aromatic N) is 1. The number of thiazole rings is 1. The van der Waals surface area contributed by atoms with Gasteiger partial charge in [0.1, 0.15) is 0 Å². The number of nitrogens with two attached hydrogens (primary N) is 1. The Balaban J connectivity index is 0.000000198. The minimum Gasteiger partial charge on any atom is -0.399 e. The molecule has 0 aliphatic heterocycles. The fourth-order valence-electron chi connectivity index (χ4n) is 3.27. The predicted molar refractivity (Wildman–Crippen MR) is 149 cm³/mol. The number of nitrogens with one attached hydrogen (secondary N) is 1. The standard InChI is InChI=1S/C18H15P.C9H9N3O2S2.Au/c1-4-10-16(11-5-1)19(17-12-6-2-7-13-17)18-14-8-3-9-15-18;10-7-1-3-8(4-2-7)16(13,14)12-9-11-5-6-15-9;/h1-15H;1-6H,10H2,(H,11,12);. The molecule has 187 valence electrons. The molecular weight excluding hydrogens is 690 g/mol. The molecule has 4 aromatic carbocycles. The summed E-state index contributed by atoms with van der Waals surface area (Å²) >= 11 is 1.22. The molecule has 0 amide bonds. The van der Waals surface area contributed by atoms with Gasteiger partial charge in [0.2, 0.25) is 0 Å². The van der Waals surface area contributed by atoms with Crippen LogP contribution in [0.4, 0.5) is 10.8 Å². The molecule has 1 aromatic heterocycles. The van der Waals surface area contributed by atoms with Gasteiger partial charge in [-0.05, 0) is 48.1 Å². The Kier molecular flexibility index (Phi) is 10.4. The van der Waals surface area contributed by atoms with E-state index in [1.165, 1.54) is 57.7 Å². The molecule has 0 fully saturated rings. The molecule has 0 saturated carbocycles. The number of benzene rings is 4. The van der Waals surface area contributed by atoms with E-state index in [1.54, 1.807) is 5.38 Å². The zero-order chi connectivity index (χ0) is 24.5. The summed E-state index contributed by atoms with van der Waals surface area (Å²) in [5.74, 6) is 0. The summed E-state index contributed by atoms with van der Waals surface area (Å²) in [5.41, 5.74) is 6.00. The van der Waals surface area contributed by atoms with Gasteiger partial charge in [0.05, 0.1) is 4.90 Å². The van der Waals surface area contributed by atoms with Crippen molar-refractivity contribution in [1.82, 2.24) is 4.98 Å². The van der Waals surface area contributed by atoms with E-state index < -0.39 is 17.9 Å². The normalized spacial score (nSPS) is 10.6. The Labute approximate surface area is 232 Å². The number of anilines is 2. The van der Waals surface area contributed by atoms with E-state index in [0.29, 0.717) is 10.8 Å². The van der Waals surface area contributed by atoms with Crippen molar-refractivity contribution < 1.29 is 30.8 Å². The third kappa shape index (κ3) is 7.61. The van der Waals surface area contributed by atoms with Gasteiger partial charge in [-0.15, -0.1) is 11.3 Å². The number of hydrogen-bond donors (Lipinski definition) is 2. The van der Waals surface area contributed by atoms with E-state index in [9.17, 15) is 8.42 Å². The van der Waals surface area contributed by atoms with Crippen LogP contribution in [-0.4, -0.2) is 13.4 Å². The molecule has 1 radical (unpaired) electrons. The van der Waals surface area contributed by atoms with Crippen molar-refractivity contribution in [3.63, 3.8) is 0 Å². The molecule has 5 nitrogen and oxygen atoms in total. The van der Waals surface area contributed by atoms with Crippen molar-refractivity contribution >= 4 is 56.0 Å². The Hall–Kier alpha value is -2.77. The summed E-state index contributed by atoms with van der Waals surface area (Å²) in [6.07, 6.45) is 1.53. The quantitative estimate of drug-likeness (QED) is 0.148. The number of hydrogen-bond acceptors (Lipinski definition) is 5. The van der Waals surface area contributed by atoms with Gasteiger partial charge >= 0.3 is 0 Å². The minimum absolute atomic E-state index is 0. The van der Waals surface area contributed by atoms with Crippen LogP contribution in [0.2, 0.25) is 0 Å². The largest absolute Gasteiger partial charge is 0.399 e. The summed E-state index contributed by atoms with van der Waals surface area (Å²) in [5, 5.41) is 6.23. The molecule has 0 saturated heterocycles. The molecule has 5 aromatic rings. The molecule has 1 heterocycles. The second-order valence-electron chi connectivity index (χ2n) is 7.35. The van der Waals surface area contributed by atoms with E-state index in [4.69, 9.17) is 5.73 Å². The van der Waals surface area contributed by atoms with Gasteiger partial charge in [-0.3, -0.25) is 4.72 Å². The molecular formula is C27H24AuN3O2PS2. The molecule has 0 spiro atoms. The fraction of sp³-hybridized carbons (Fsp3) is 0. The molecule has 0 aliphatic rings. The first-order chi connectivity index (χ1) is 17.0. The van der Waals surface area contributed by atoms with Crippen LogP contribution in [0.25, 0.3) is 0 Å². The van der Waals surface area contributed by atoms with Crippen LogP contribution in [0, 0.1) is 0 Å². The Morgan fingerprint density at radius 2 is 1.14 bits per heavy atom. The summed E-state index contributed by atoms with van der Waals surface area (Å²) in [6, 6.07) is 38.3. The fourth-order valence-corrected chi connectivity index (χ4v) is 7.37. The monoisotopic (exact) mass is 714 g/mol. The van der Waals surface area contributed by atoms with Crippen LogP contribution in [0.1, 0.15) is 0 Å². The molecule has 0 atom stereocenters. The third-order valence-electron chi connectivity index (χ3n) is 4.89. The molecule has 0 bridgehead atoms. The van der Waals surface area contributed by atoms with E-state index in [0.717, 1.165) is 0 Å². The number of sulfonamides is 1. The number of rotatable bonds is 6. The first-order valence-corrected chi connectivity index (χ1v) is 14.5. The SMILES string of the molecule is Nc1ccc(S(=O)(=O)Nc2nccs2)cc1.[Au].c1ccc(P(c2ccccc2)c2ccccc2)cc1. The zero-order valence-electron chi connectivity index (χ0n) is 19.0. The summed E-state index contributed by atoms with van der Waals surface area (Å²) in [6.45, 7) is 0. The van der Waals surface area contributed by atoms with Crippen molar-refractivity contribution in [1.29, 1.82) is 0 Å². The van der Waals surface area contributed by atoms with Crippen molar-refractivity contribution in [3.8, 4) is 0 Å². The van der Waals surface area contributed by atoms with Crippen LogP contribution in [0.3, 0.4) is 0 Å². The van der Waals surface area contributed by atoms with Gasteiger partial charge < -0.3 is 5.73 Å². The van der Waals surface area contributed by atoms with Gasteiger partial charge in [-0.1, -0.05) is 91.0 Å². The summed E-state index contributed by atoms with van der Waals surface area (Å²) < 4.78 is 26.0.